The molecule has 138 valence electrons. The number of thiazole rings is 1. The Balaban J connectivity index is 0.000000948. The first-order valence-electron chi connectivity index (χ1n) is 8.75. The number of anilines is 1. The summed E-state index contributed by atoms with van der Waals surface area (Å²) in [7, 11) is 0. The number of carbonyl (C=O) groups excluding carboxylic acids is 1. The molecule has 7 nitrogen and oxygen atoms in total. The molecule has 4 rings (SSSR count). The van der Waals surface area contributed by atoms with Crippen LogP contribution in [0.5, 0.6) is 0 Å². The molecule has 8 heteroatoms. The van der Waals surface area contributed by atoms with Gasteiger partial charge in [0.1, 0.15) is 5.65 Å². The third-order valence-electron chi connectivity index (χ3n) is 4.15. The molecule has 3 aromatic rings. The zero-order chi connectivity index (χ0) is 18.8. The summed E-state index contributed by atoms with van der Waals surface area (Å²) in [6, 6.07) is 3.58. The van der Waals surface area contributed by atoms with E-state index >= 15 is 0 Å². The number of hydrogen-bond acceptors (Lipinski definition) is 5. The summed E-state index contributed by atoms with van der Waals surface area (Å²) >= 11 is 1.46. The number of amides is 2. The van der Waals surface area contributed by atoms with Crippen molar-refractivity contribution in [3.63, 3.8) is 0 Å². The second kappa shape index (κ2) is 7.43. The normalized spacial score (nSPS) is 14.6. The van der Waals surface area contributed by atoms with Gasteiger partial charge in [-0.2, -0.15) is 0 Å². The molecule has 0 saturated carbocycles. The number of pyridine rings is 1. The smallest absolute Gasteiger partial charge is 0.345 e. The van der Waals surface area contributed by atoms with Crippen LogP contribution < -0.4 is 4.90 Å². The topological polar surface area (TPSA) is 85.4 Å². The Kier molecular flexibility index (Phi) is 5.24. The van der Waals surface area contributed by atoms with Gasteiger partial charge < -0.3 is 4.98 Å². The van der Waals surface area contributed by atoms with E-state index < -0.39 is 6.03 Å². The van der Waals surface area contributed by atoms with Crippen molar-refractivity contribution in [1.29, 1.82) is 0 Å². The monoisotopic (exact) mass is 373 g/mol. The highest BCUT2D eigenvalue weighted by molar-refractivity contribution is 7.16. The van der Waals surface area contributed by atoms with Crippen LogP contribution in [0.4, 0.5) is 9.93 Å². The van der Waals surface area contributed by atoms with Crippen molar-refractivity contribution in [2.24, 2.45) is 0 Å². The van der Waals surface area contributed by atoms with Crippen LogP contribution in [0.1, 0.15) is 30.8 Å². The van der Waals surface area contributed by atoms with E-state index in [0.29, 0.717) is 24.6 Å². The molecule has 1 fully saturated rings. The van der Waals surface area contributed by atoms with Crippen LogP contribution in [0.3, 0.4) is 0 Å². The molecule has 3 aromatic heterocycles. The van der Waals surface area contributed by atoms with Crippen molar-refractivity contribution < 1.29 is 10.0 Å². The van der Waals surface area contributed by atoms with E-state index in [9.17, 15) is 10.0 Å². The zero-order valence-corrected chi connectivity index (χ0v) is 16.2. The van der Waals surface area contributed by atoms with E-state index in [1.807, 2.05) is 46.0 Å². The van der Waals surface area contributed by atoms with Gasteiger partial charge in [-0.1, -0.05) is 13.8 Å². The SMILES string of the molecule is CC.Cc1ccc2c(-c3nc(N4CCCN(O)C4=O)sc3C)c[nH]c2n1. The second-order valence-corrected chi connectivity index (χ2v) is 7.04. The molecule has 4 heterocycles. The van der Waals surface area contributed by atoms with Gasteiger partial charge in [0.05, 0.1) is 12.2 Å². The lowest BCUT2D eigenvalue weighted by Gasteiger charge is -2.29. The molecule has 1 saturated heterocycles. The summed E-state index contributed by atoms with van der Waals surface area (Å²) in [5.74, 6) is 0. The third kappa shape index (κ3) is 3.17. The lowest BCUT2D eigenvalue weighted by Crippen LogP contribution is -2.47. The molecule has 2 amide bonds. The van der Waals surface area contributed by atoms with E-state index in [1.54, 1.807) is 0 Å². The number of nitrogens with zero attached hydrogens (tertiary/aromatic N) is 4. The van der Waals surface area contributed by atoms with Crippen molar-refractivity contribution in [3.05, 3.63) is 28.9 Å². The van der Waals surface area contributed by atoms with Gasteiger partial charge in [-0.3, -0.25) is 10.1 Å². The number of hydrogen-bond donors (Lipinski definition) is 2. The van der Waals surface area contributed by atoms with Crippen LogP contribution in [0, 0.1) is 13.8 Å². The quantitative estimate of drug-likeness (QED) is 0.654. The standard InChI is InChI=1S/C16H17N5O2S.C2H6/c1-9-4-5-11-12(8-17-14(11)18-9)13-10(2)24-15(19-13)20-6-3-7-21(23)16(20)22;1-2/h4-5,8,23H,3,6-7H2,1-2H3,(H,17,18);1-2H3. The number of aromatic amines is 1. The Morgan fingerprint density at radius 2 is 1.96 bits per heavy atom. The molecule has 1 aliphatic rings. The van der Waals surface area contributed by atoms with Crippen LogP contribution in [-0.2, 0) is 0 Å². The van der Waals surface area contributed by atoms with Gasteiger partial charge in [-0.05, 0) is 32.4 Å². The van der Waals surface area contributed by atoms with Crippen LogP contribution in [0.25, 0.3) is 22.3 Å². The van der Waals surface area contributed by atoms with Crippen LogP contribution in [-0.4, -0.2) is 44.3 Å². The number of urea groups is 1. The molecule has 0 unspecified atom stereocenters. The van der Waals surface area contributed by atoms with Crippen molar-refractivity contribution in [2.45, 2.75) is 34.1 Å². The van der Waals surface area contributed by atoms with E-state index in [2.05, 4.69) is 15.0 Å². The van der Waals surface area contributed by atoms with Gasteiger partial charge in [0.2, 0.25) is 0 Å². The molecule has 0 spiro atoms. The minimum atomic E-state index is -0.419. The summed E-state index contributed by atoms with van der Waals surface area (Å²) in [5.41, 5.74) is 3.60. The summed E-state index contributed by atoms with van der Waals surface area (Å²) in [5, 5.41) is 12.0. The minimum Gasteiger partial charge on any atom is -0.345 e. The van der Waals surface area contributed by atoms with E-state index in [0.717, 1.165) is 37.9 Å². The Hall–Kier alpha value is -2.45. The highest BCUT2D eigenvalue weighted by atomic mass is 32.1. The van der Waals surface area contributed by atoms with E-state index in [-0.39, 0.29) is 0 Å². The number of H-pyrrole nitrogens is 1. The van der Waals surface area contributed by atoms with Gasteiger partial charge in [0, 0.05) is 34.3 Å². The van der Waals surface area contributed by atoms with Gasteiger partial charge in [0.15, 0.2) is 5.13 Å². The van der Waals surface area contributed by atoms with Gasteiger partial charge in [-0.15, -0.1) is 11.3 Å². The zero-order valence-electron chi connectivity index (χ0n) is 15.4. The number of nitrogens with one attached hydrogen (secondary N) is 1. The molecule has 0 atom stereocenters. The highest BCUT2D eigenvalue weighted by Gasteiger charge is 2.29. The Morgan fingerprint density at radius 3 is 2.73 bits per heavy atom. The Bertz CT molecular complexity index is 933. The van der Waals surface area contributed by atoms with Crippen molar-refractivity contribution >= 4 is 33.5 Å². The first kappa shape index (κ1) is 18.3. The molecule has 0 bridgehead atoms. The second-order valence-electron chi connectivity index (χ2n) is 5.86. The molecule has 0 aromatic carbocycles. The molecule has 26 heavy (non-hydrogen) atoms. The van der Waals surface area contributed by atoms with Gasteiger partial charge in [-0.25, -0.2) is 19.8 Å². The molecule has 0 aliphatic carbocycles. The number of aryl methyl sites for hydroxylation is 2. The summed E-state index contributed by atoms with van der Waals surface area (Å²) in [4.78, 5) is 27.0. The molecule has 0 radical (unpaired) electrons. The first-order chi connectivity index (χ1) is 12.5. The average molecular weight is 373 g/mol. The molecule has 2 N–H and O–H groups in total. The maximum Gasteiger partial charge on any atom is 0.350 e. The van der Waals surface area contributed by atoms with E-state index in [4.69, 9.17) is 0 Å². The number of aromatic nitrogens is 3. The summed E-state index contributed by atoms with van der Waals surface area (Å²) in [6.45, 7) is 8.87. The number of hydroxylamine groups is 2. The Morgan fingerprint density at radius 1 is 1.19 bits per heavy atom. The number of fused-ring (bicyclic) bond motifs is 1. The maximum absolute atomic E-state index is 12.1. The fourth-order valence-electron chi connectivity index (χ4n) is 2.93. The predicted molar refractivity (Wildman–Crippen MR) is 104 cm³/mol. The third-order valence-corrected chi connectivity index (χ3v) is 5.15. The molecular weight excluding hydrogens is 350 g/mol. The minimum absolute atomic E-state index is 0.361. The molecular formula is C18H23N5O2S. The highest BCUT2D eigenvalue weighted by Crippen LogP contribution is 2.36. The van der Waals surface area contributed by atoms with Crippen LogP contribution in [0.15, 0.2) is 18.3 Å². The predicted octanol–water partition coefficient (Wildman–Crippen LogP) is 4.35. The number of carbonyl (C=O) groups is 1. The van der Waals surface area contributed by atoms with Crippen LogP contribution in [0.2, 0.25) is 0 Å². The number of rotatable bonds is 2. The fourth-order valence-corrected chi connectivity index (χ4v) is 3.88. The Labute approximate surface area is 156 Å². The lowest BCUT2D eigenvalue weighted by molar-refractivity contribution is -0.0466. The van der Waals surface area contributed by atoms with Crippen molar-refractivity contribution in [3.8, 4) is 11.3 Å². The van der Waals surface area contributed by atoms with Crippen molar-refractivity contribution in [1.82, 2.24) is 20.0 Å². The van der Waals surface area contributed by atoms with Crippen LogP contribution >= 0.6 is 11.3 Å². The van der Waals surface area contributed by atoms with E-state index in [1.165, 1.54) is 16.2 Å². The largest absolute Gasteiger partial charge is 0.350 e. The average Bonchev–Trinajstić information content (AvgIpc) is 3.22. The van der Waals surface area contributed by atoms with Crippen molar-refractivity contribution in [2.75, 3.05) is 18.0 Å². The maximum atomic E-state index is 12.1. The fraction of sp³-hybridized carbons (Fsp3) is 0.389. The lowest BCUT2D eigenvalue weighted by atomic mass is 10.1. The molecule has 1 aliphatic heterocycles. The first-order valence-corrected chi connectivity index (χ1v) is 9.56. The van der Waals surface area contributed by atoms with Gasteiger partial charge >= 0.3 is 6.03 Å². The summed E-state index contributed by atoms with van der Waals surface area (Å²) < 4.78 is 0. The van der Waals surface area contributed by atoms with Gasteiger partial charge in [0.25, 0.3) is 0 Å². The summed E-state index contributed by atoms with van der Waals surface area (Å²) in [6.07, 6.45) is 2.62.